The van der Waals surface area contributed by atoms with Crippen molar-refractivity contribution in [3.63, 3.8) is 0 Å². The van der Waals surface area contributed by atoms with Crippen molar-refractivity contribution in [1.82, 2.24) is 19.8 Å². The smallest absolute Gasteiger partial charge is 0.261 e. The number of fused-ring (bicyclic) bond motifs is 1. The number of rotatable bonds is 4. The second-order valence-electron chi connectivity index (χ2n) is 7.35. The van der Waals surface area contributed by atoms with Gasteiger partial charge in [0.15, 0.2) is 0 Å². The molecule has 2 aliphatic heterocycles. The largest absolute Gasteiger partial charge is 0.496 e. The lowest BCUT2D eigenvalue weighted by Crippen LogP contribution is -2.37. The monoisotopic (exact) mass is 382 g/mol. The molecule has 1 aromatic heterocycles. The number of nitrogens with zero attached hydrogens (tertiary/aromatic N) is 4. The number of carbonyl (C=O) groups is 1. The zero-order chi connectivity index (χ0) is 19.7. The van der Waals surface area contributed by atoms with E-state index in [0.29, 0.717) is 36.2 Å². The minimum Gasteiger partial charge on any atom is -0.496 e. The van der Waals surface area contributed by atoms with Gasteiger partial charge in [0.1, 0.15) is 22.9 Å². The van der Waals surface area contributed by atoms with Gasteiger partial charge in [0.25, 0.3) is 5.91 Å². The van der Waals surface area contributed by atoms with Crippen molar-refractivity contribution in [1.29, 1.82) is 0 Å². The lowest BCUT2D eigenvalue weighted by molar-refractivity contribution is 0.0726. The Hall–Kier alpha value is -2.67. The summed E-state index contributed by atoms with van der Waals surface area (Å²) in [6.45, 7) is 2.20. The van der Waals surface area contributed by atoms with Crippen molar-refractivity contribution in [2.24, 2.45) is 0 Å². The zero-order valence-corrected chi connectivity index (χ0v) is 16.6. The minimum absolute atomic E-state index is 0.0976. The first kappa shape index (κ1) is 18.7. The van der Waals surface area contributed by atoms with Crippen LogP contribution in [-0.4, -0.2) is 60.0 Å². The number of aromatic nitrogens is 2. The van der Waals surface area contributed by atoms with Crippen LogP contribution < -0.4 is 9.47 Å². The molecular weight excluding hydrogens is 356 g/mol. The summed E-state index contributed by atoms with van der Waals surface area (Å²) in [5.41, 5.74) is 2.53. The number of carbonyl (C=O) groups excluding carboxylic acids is 1. The molecule has 1 amide bonds. The van der Waals surface area contributed by atoms with E-state index in [1.807, 2.05) is 17.2 Å². The summed E-state index contributed by atoms with van der Waals surface area (Å²) in [7, 11) is 5.25. The summed E-state index contributed by atoms with van der Waals surface area (Å²) < 4.78 is 10.8. The molecule has 0 bridgehead atoms. The Kier molecular flexibility index (Phi) is 5.17. The normalized spacial score (nSPS) is 19.4. The summed E-state index contributed by atoms with van der Waals surface area (Å²) in [4.78, 5) is 26.8. The third kappa shape index (κ3) is 3.30. The van der Waals surface area contributed by atoms with Crippen molar-refractivity contribution >= 4 is 5.91 Å². The molecule has 7 nitrogen and oxygen atoms in total. The molecule has 0 spiro atoms. The Morgan fingerprint density at radius 1 is 1.18 bits per heavy atom. The van der Waals surface area contributed by atoms with Crippen LogP contribution in [0.4, 0.5) is 0 Å². The van der Waals surface area contributed by atoms with Crippen LogP contribution in [0.1, 0.15) is 46.3 Å². The first-order valence-electron chi connectivity index (χ1n) is 9.67. The minimum atomic E-state index is -0.0976. The van der Waals surface area contributed by atoms with Gasteiger partial charge >= 0.3 is 0 Å². The van der Waals surface area contributed by atoms with Gasteiger partial charge in [-0.2, -0.15) is 0 Å². The van der Waals surface area contributed by atoms with Gasteiger partial charge in [-0.25, -0.2) is 9.97 Å². The molecule has 0 N–H and O–H groups in total. The molecule has 2 aromatic rings. The Morgan fingerprint density at radius 2 is 1.93 bits per heavy atom. The molecular formula is C21H26N4O3. The van der Waals surface area contributed by atoms with Crippen LogP contribution in [-0.2, 0) is 13.0 Å². The summed E-state index contributed by atoms with van der Waals surface area (Å²) in [6.07, 6.45) is 4.91. The van der Waals surface area contributed by atoms with Crippen LogP contribution >= 0.6 is 0 Å². The maximum atomic E-state index is 13.2. The maximum absolute atomic E-state index is 13.2. The van der Waals surface area contributed by atoms with E-state index < -0.39 is 0 Å². The highest BCUT2D eigenvalue weighted by Crippen LogP contribution is 2.32. The average Bonchev–Trinajstić information content (AvgIpc) is 3.17. The van der Waals surface area contributed by atoms with Gasteiger partial charge in [-0.3, -0.25) is 9.69 Å². The van der Waals surface area contributed by atoms with Crippen LogP contribution in [0.25, 0.3) is 0 Å². The molecule has 7 heteroatoms. The predicted octanol–water partition coefficient (Wildman–Crippen LogP) is 2.46. The molecule has 1 saturated heterocycles. The first-order valence-corrected chi connectivity index (χ1v) is 9.67. The Labute approximate surface area is 165 Å². The van der Waals surface area contributed by atoms with Crippen LogP contribution in [0.15, 0.2) is 24.4 Å². The number of hydrogen-bond acceptors (Lipinski definition) is 6. The topological polar surface area (TPSA) is 67.8 Å². The van der Waals surface area contributed by atoms with E-state index in [1.54, 1.807) is 26.4 Å². The zero-order valence-electron chi connectivity index (χ0n) is 16.6. The quantitative estimate of drug-likeness (QED) is 0.809. The van der Waals surface area contributed by atoms with E-state index in [-0.39, 0.29) is 5.91 Å². The fourth-order valence-corrected chi connectivity index (χ4v) is 4.12. The highest BCUT2D eigenvalue weighted by Gasteiger charge is 2.30. The van der Waals surface area contributed by atoms with Crippen LogP contribution in [0.3, 0.4) is 0 Å². The highest BCUT2D eigenvalue weighted by molar-refractivity contribution is 5.99. The Morgan fingerprint density at radius 3 is 2.57 bits per heavy atom. The van der Waals surface area contributed by atoms with E-state index in [9.17, 15) is 4.79 Å². The van der Waals surface area contributed by atoms with Gasteiger partial charge in [0.2, 0.25) is 0 Å². The number of amides is 1. The molecule has 2 aliphatic rings. The SMILES string of the molecule is COc1cccc(OC)c1C(=O)N1CCc2nc([C@H]3CCCN3C)ncc2C1. The van der Waals surface area contributed by atoms with E-state index in [4.69, 9.17) is 14.5 Å². The lowest BCUT2D eigenvalue weighted by Gasteiger charge is -2.29. The number of benzene rings is 1. The van der Waals surface area contributed by atoms with E-state index in [2.05, 4.69) is 16.9 Å². The van der Waals surface area contributed by atoms with Crippen molar-refractivity contribution in [3.05, 3.63) is 47.0 Å². The molecule has 1 atom stereocenters. The van der Waals surface area contributed by atoms with Gasteiger partial charge in [0.05, 0.1) is 26.0 Å². The van der Waals surface area contributed by atoms with E-state index in [0.717, 1.165) is 36.5 Å². The number of ether oxygens (including phenoxy) is 2. The molecule has 3 heterocycles. The second-order valence-corrected chi connectivity index (χ2v) is 7.35. The molecule has 28 heavy (non-hydrogen) atoms. The van der Waals surface area contributed by atoms with Gasteiger partial charge in [-0.15, -0.1) is 0 Å². The molecule has 0 saturated carbocycles. The van der Waals surface area contributed by atoms with Crippen LogP contribution in [0, 0.1) is 0 Å². The molecule has 1 fully saturated rings. The van der Waals surface area contributed by atoms with Crippen molar-refractivity contribution in [2.75, 3.05) is 34.4 Å². The summed E-state index contributed by atoms with van der Waals surface area (Å²) >= 11 is 0. The van der Waals surface area contributed by atoms with Crippen LogP contribution in [0.5, 0.6) is 11.5 Å². The Bertz CT molecular complexity index is 864. The fourth-order valence-electron chi connectivity index (χ4n) is 4.12. The summed E-state index contributed by atoms with van der Waals surface area (Å²) in [5.74, 6) is 1.85. The maximum Gasteiger partial charge on any atom is 0.261 e. The highest BCUT2D eigenvalue weighted by atomic mass is 16.5. The standard InChI is InChI=1S/C21H26N4O3/c1-24-10-5-6-16(24)20-22-12-14-13-25(11-9-15(14)23-20)21(26)19-17(27-2)7-4-8-18(19)28-3/h4,7-8,12,16H,5-6,9-11,13H2,1-3H3/t16-/m1/s1. The van der Waals surface area contributed by atoms with E-state index >= 15 is 0 Å². The molecule has 0 radical (unpaired) electrons. The van der Waals surface area contributed by atoms with Gasteiger partial charge in [0, 0.05) is 31.3 Å². The molecule has 4 rings (SSSR count). The molecule has 148 valence electrons. The van der Waals surface area contributed by atoms with Crippen molar-refractivity contribution in [3.8, 4) is 11.5 Å². The predicted molar refractivity (Wildman–Crippen MR) is 105 cm³/mol. The van der Waals surface area contributed by atoms with E-state index in [1.165, 1.54) is 6.42 Å². The number of likely N-dealkylation sites (tertiary alicyclic amines) is 1. The van der Waals surface area contributed by atoms with Gasteiger partial charge in [-0.05, 0) is 38.6 Å². The summed E-state index contributed by atoms with van der Waals surface area (Å²) in [5, 5.41) is 0. The first-order chi connectivity index (χ1) is 13.6. The number of methoxy groups -OCH3 is 2. The second kappa shape index (κ2) is 7.75. The Balaban J connectivity index is 1.57. The van der Waals surface area contributed by atoms with Crippen molar-refractivity contribution < 1.29 is 14.3 Å². The third-order valence-electron chi connectivity index (χ3n) is 5.70. The van der Waals surface area contributed by atoms with Gasteiger partial charge < -0.3 is 14.4 Å². The third-order valence-corrected chi connectivity index (χ3v) is 5.70. The summed E-state index contributed by atoms with van der Waals surface area (Å²) in [6, 6.07) is 5.68. The van der Waals surface area contributed by atoms with Gasteiger partial charge in [-0.1, -0.05) is 6.07 Å². The lowest BCUT2D eigenvalue weighted by atomic mass is 10.0. The molecule has 0 unspecified atom stereocenters. The fraction of sp³-hybridized carbons (Fsp3) is 0.476. The van der Waals surface area contributed by atoms with Crippen LogP contribution in [0.2, 0.25) is 0 Å². The molecule has 1 aromatic carbocycles. The number of hydrogen-bond donors (Lipinski definition) is 0. The average molecular weight is 382 g/mol. The van der Waals surface area contributed by atoms with Crippen molar-refractivity contribution in [2.45, 2.75) is 31.8 Å². The molecule has 0 aliphatic carbocycles.